The number of benzene rings is 1. The van der Waals surface area contributed by atoms with Gasteiger partial charge in [0.25, 0.3) is 0 Å². The van der Waals surface area contributed by atoms with Crippen molar-refractivity contribution in [1.82, 2.24) is 5.32 Å². The lowest BCUT2D eigenvalue weighted by atomic mass is 9.96. The predicted octanol–water partition coefficient (Wildman–Crippen LogP) is 2.05. The number of hydrogen-bond acceptors (Lipinski definition) is 4. The van der Waals surface area contributed by atoms with E-state index in [2.05, 4.69) is 5.32 Å². The van der Waals surface area contributed by atoms with Crippen LogP contribution in [0.3, 0.4) is 0 Å². The van der Waals surface area contributed by atoms with Crippen LogP contribution in [0.1, 0.15) is 19.4 Å². The third-order valence-corrected chi connectivity index (χ3v) is 2.96. The topological polar surface area (TPSA) is 56.8 Å². The largest absolute Gasteiger partial charge is 0.493 e. The van der Waals surface area contributed by atoms with Crippen molar-refractivity contribution in [2.45, 2.75) is 19.4 Å². The van der Waals surface area contributed by atoms with Crippen LogP contribution in [0.5, 0.6) is 11.5 Å². The zero-order chi connectivity index (χ0) is 13.2. The second kappa shape index (κ2) is 4.76. The van der Waals surface area contributed by atoms with E-state index in [1.54, 1.807) is 7.11 Å². The molecule has 0 unspecified atom stereocenters. The Bertz CT molecular complexity index is 460. The molecule has 1 aliphatic heterocycles. The molecule has 1 aromatic carbocycles. The van der Waals surface area contributed by atoms with Crippen LogP contribution in [0.2, 0.25) is 0 Å². The van der Waals surface area contributed by atoms with Gasteiger partial charge in [-0.05, 0) is 26.0 Å². The van der Waals surface area contributed by atoms with E-state index in [1.807, 2.05) is 32.0 Å². The molecule has 5 nitrogen and oxygen atoms in total. The standard InChI is InChI=1S/C13H17NO4/c1-4-17-11-7-9(5-6-10(11)16-3)13(2)8-14-12(15)18-13/h5-7H,4,8H2,1-3H3,(H,14,15)/t13-/m1/s1. The molecule has 5 heteroatoms. The number of hydrogen-bond donors (Lipinski definition) is 1. The van der Waals surface area contributed by atoms with E-state index in [4.69, 9.17) is 14.2 Å². The van der Waals surface area contributed by atoms with Gasteiger partial charge in [-0.25, -0.2) is 4.79 Å². The molecule has 1 amide bonds. The Morgan fingerprint density at radius 1 is 1.44 bits per heavy atom. The Balaban J connectivity index is 2.34. The van der Waals surface area contributed by atoms with Gasteiger partial charge >= 0.3 is 6.09 Å². The summed E-state index contributed by atoms with van der Waals surface area (Å²) in [6, 6.07) is 5.54. The van der Waals surface area contributed by atoms with E-state index in [0.29, 0.717) is 24.7 Å². The summed E-state index contributed by atoms with van der Waals surface area (Å²) < 4.78 is 16.0. The Hall–Kier alpha value is -1.91. The van der Waals surface area contributed by atoms with E-state index >= 15 is 0 Å². The van der Waals surface area contributed by atoms with Crippen LogP contribution < -0.4 is 14.8 Å². The van der Waals surface area contributed by atoms with Crippen molar-refractivity contribution in [3.05, 3.63) is 23.8 Å². The van der Waals surface area contributed by atoms with Crippen molar-refractivity contribution in [2.24, 2.45) is 0 Å². The molecule has 2 rings (SSSR count). The smallest absolute Gasteiger partial charge is 0.408 e. The summed E-state index contributed by atoms with van der Waals surface area (Å²) >= 11 is 0. The van der Waals surface area contributed by atoms with Crippen LogP contribution in [0.15, 0.2) is 18.2 Å². The highest BCUT2D eigenvalue weighted by Gasteiger charge is 2.37. The number of nitrogens with one attached hydrogen (secondary N) is 1. The van der Waals surface area contributed by atoms with Gasteiger partial charge in [0.2, 0.25) is 0 Å². The Labute approximate surface area is 106 Å². The number of carbonyl (C=O) groups is 1. The summed E-state index contributed by atoms with van der Waals surface area (Å²) in [4.78, 5) is 11.2. The summed E-state index contributed by atoms with van der Waals surface area (Å²) in [6.07, 6.45) is -0.397. The van der Waals surface area contributed by atoms with Gasteiger partial charge < -0.3 is 19.5 Å². The second-order valence-corrected chi connectivity index (χ2v) is 4.27. The van der Waals surface area contributed by atoms with E-state index in [0.717, 1.165) is 5.56 Å². The van der Waals surface area contributed by atoms with Crippen LogP contribution in [-0.4, -0.2) is 26.4 Å². The minimum atomic E-state index is -0.658. The van der Waals surface area contributed by atoms with E-state index in [9.17, 15) is 4.79 Å². The minimum absolute atomic E-state index is 0.397. The number of rotatable bonds is 4. The Kier molecular flexibility index (Phi) is 3.32. The molecule has 1 heterocycles. The summed E-state index contributed by atoms with van der Waals surface area (Å²) in [7, 11) is 1.59. The van der Waals surface area contributed by atoms with Gasteiger partial charge in [-0.1, -0.05) is 6.07 Å². The molecular weight excluding hydrogens is 234 g/mol. The monoisotopic (exact) mass is 251 g/mol. The molecule has 1 saturated heterocycles. The average molecular weight is 251 g/mol. The van der Waals surface area contributed by atoms with Crippen LogP contribution in [-0.2, 0) is 10.3 Å². The molecule has 0 bridgehead atoms. The quantitative estimate of drug-likeness (QED) is 0.889. The molecule has 0 aromatic heterocycles. The number of cyclic esters (lactones) is 1. The van der Waals surface area contributed by atoms with Gasteiger partial charge in [0, 0.05) is 5.56 Å². The van der Waals surface area contributed by atoms with Crippen molar-refractivity contribution < 1.29 is 19.0 Å². The zero-order valence-electron chi connectivity index (χ0n) is 10.8. The molecule has 0 radical (unpaired) electrons. The summed E-state index contributed by atoms with van der Waals surface area (Å²) in [5.41, 5.74) is 0.222. The van der Waals surface area contributed by atoms with E-state index < -0.39 is 11.7 Å². The fourth-order valence-corrected chi connectivity index (χ4v) is 1.95. The first-order chi connectivity index (χ1) is 8.59. The first-order valence-corrected chi connectivity index (χ1v) is 5.87. The van der Waals surface area contributed by atoms with Crippen molar-refractivity contribution in [3.8, 4) is 11.5 Å². The van der Waals surface area contributed by atoms with Crippen molar-refractivity contribution in [2.75, 3.05) is 20.3 Å². The predicted molar refractivity (Wildman–Crippen MR) is 66.0 cm³/mol. The van der Waals surface area contributed by atoms with Gasteiger partial charge in [0.1, 0.15) is 0 Å². The summed E-state index contributed by atoms with van der Waals surface area (Å²) in [5, 5.41) is 2.66. The number of ether oxygens (including phenoxy) is 3. The zero-order valence-corrected chi connectivity index (χ0v) is 10.8. The molecule has 0 saturated carbocycles. The Morgan fingerprint density at radius 2 is 2.22 bits per heavy atom. The lowest BCUT2D eigenvalue weighted by Gasteiger charge is -2.22. The average Bonchev–Trinajstić information content (AvgIpc) is 2.71. The molecule has 1 aromatic rings. The normalized spacial score (nSPS) is 22.3. The second-order valence-electron chi connectivity index (χ2n) is 4.27. The summed E-state index contributed by atoms with van der Waals surface area (Å²) in [6.45, 7) is 4.77. The van der Waals surface area contributed by atoms with Crippen molar-refractivity contribution in [1.29, 1.82) is 0 Å². The van der Waals surface area contributed by atoms with Gasteiger partial charge in [0.15, 0.2) is 17.1 Å². The maximum Gasteiger partial charge on any atom is 0.408 e. The van der Waals surface area contributed by atoms with Gasteiger partial charge in [-0.2, -0.15) is 0 Å². The molecule has 0 aliphatic carbocycles. The molecule has 1 N–H and O–H groups in total. The maximum atomic E-state index is 11.2. The van der Waals surface area contributed by atoms with E-state index in [1.165, 1.54) is 0 Å². The van der Waals surface area contributed by atoms with Gasteiger partial charge in [-0.15, -0.1) is 0 Å². The van der Waals surface area contributed by atoms with Crippen LogP contribution >= 0.6 is 0 Å². The first-order valence-electron chi connectivity index (χ1n) is 5.87. The van der Waals surface area contributed by atoms with Gasteiger partial charge in [-0.3, -0.25) is 0 Å². The molecule has 1 aliphatic rings. The number of carbonyl (C=O) groups excluding carboxylic acids is 1. The van der Waals surface area contributed by atoms with Crippen molar-refractivity contribution >= 4 is 6.09 Å². The molecule has 98 valence electrons. The molecule has 0 spiro atoms. The number of alkyl carbamates (subject to hydrolysis) is 1. The third kappa shape index (κ3) is 2.20. The highest BCUT2D eigenvalue weighted by Crippen LogP contribution is 2.35. The van der Waals surface area contributed by atoms with Crippen molar-refractivity contribution in [3.63, 3.8) is 0 Å². The highest BCUT2D eigenvalue weighted by molar-refractivity contribution is 5.70. The lowest BCUT2D eigenvalue weighted by Crippen LogP contribution is -2.26. The highest BCUT2D eigenvalue weighted by atomic mass is 16.6. The SMILES string of the molecule is CCOc1cc([C@@]2(C)CNC(=O)O2)ccc1OC. The fraction of sp³-hybridized carbons (Fsp3) is 0.462. The lowest BCUT2D eigenvalue weighted by molar-refractivity contribution is 0.0701. The fourth-order valence-electron chi connectivity index (χ4n) is 1.95. The number of methoxy groups -OCH3 is 1. The molecule has 18 heavy (non-hydrogen) atoms. The maximum absolute atomic E-state index is 11.2. The first kappa shape index (κ1) is 12.5. The molecule has 1 fully saturated rings. The van der Waals surface area contributed by atoms with E-state index in [-0.39, 0.29) is 0 Å². The molecule has 1 atom stereocenters. The number of amides is 1. The van der Waals surface area contributed by atoms with Gasteiger partial charge in [0.05, 0.1) is 20.3 Å². The third-order valence-electron chi connectivity index (χ3n) is 2.96. The minimum Gasteiger partial charge on any atom is -0.493 e. The van der Waals surface area contributed by atoms with Crippen LogP contribution in [0, 0.1) is 0 Å². The van der Waals surface area contributed by atoms with Crippen LogP contribution in [0.4, 0.5) is 4.79 Å². The van der Waals surface area contributed by atoms with Crippen LogP contribution in [0.25, 0.3) is 0 Å². The molecular formula is C13H17NO4. The summed E-state index contributed by atoms with van der Waals surface area (Å²) in [5.74, 6) is 1.32. The Morgan fingerprint density at radius 3 is 2.78 bits per heavy atom.